The molecule has 3 heteroatoms. The number of hydrogen-bond acceptors (Lipinski definition) is 3. The van der Waals surface area contributed by atoms with Crippen LogP contribution in [0.5, 0.6) is 0 Å². The molecule has 1 fully saturated rings. The molecule has 0 saturated carbocycles. The highest BCUT2D eigenvalue weighted by Gasteiger charge is 2.29. The van der Waals surface area contributed by atoms with Gasteiger partial charge in [0.1, 0.15) is 0 Å². The highest BCUT2D eigenvalue weighted by Crippen LogP contribution is 2.20. The molecule has 0 spiro atoms. The Morgan fingerprint density at radius 2 is 1.16 bits per heavy atom. The smallest absolute Gasteiger partial charge is 0.0623 e. The Bertz CT molecular complexity index is 282. The molecule has 0 bridgehead atoms. The van der Waals surface area contributed by atoms with E-state index >= 15 is 0 Å². The Hall–Kier alpha value is -0.120. The Morgan fingerprint density at radius 3 is 1.64 bits per heavy atom. The van der Waals surface area contributed by atoms with E-state index < -0.39 is 0 Å². The number of nitrogens with two attached hydrogens (primary N) is 1. The minimum Gasteiger partial charge on any atom is -0.329 e. The molecule has 1 unspecified atom stereocenters. The molecule has 0 amide bonds. The van der Waals surface area contributed by atoms with Crippen molar-refractivity contribution in [3.8, 4) is 0 Å². The molecular formula is C22H47N3. The van der Waals surface area contributed by atoms with Crippen molar-refractivity contribution in [2.24, 2.45) is 5.73 Å². The van der Waals surface area contributed by atoms with Gasteiger partial charge in [0.15, 0.2) is 0 Å². The van der Waals surface area contributed by atoms with Gasteiger partial charge in [-0.25, -0.2) is 0 Å². The first-order valence-electron chi connectivity index (χ1n) is 11.5. The molecule has 1 rings (SSSR count). The van der Waals surface area contributed by atoms with Gasteiger partial charge in [-0.3, -0.25) is 9.80 Å². The van der Waals surface area contributed by atoms with Gasteiger partial charge in [-0.1, -0.05) is 97.3 Å². The van der Waals surface area contributed by atoms with Crippen LogP contribution in [0.1, 0.15) is 104 Å². The first-order valence-corrected chi connectivity index (χ1v) is 11.5. The zero-order valence-electron chi connectivity index (χ0n) is 17.5. The van der Waals surface area contributed by atoms with Crippen LogP contribution >= 0.6 is 0 Å². The number of rotatable bonds is 17. The number of unbranched alkanes of at least 4 members (excludes halogenated alkanes) is 12. The summed E-state index contributed by atoms with van der Waals surface area (Å²) in [6, 6.07) is 0. The Kier molecular flexibility index (Phi) is 14.7. The van der Waals surface area contributed by atoms with E-state index in [0.29, 0.717) is 6.17 Å². The molecule has 0 aliphatic carbocycles. The molecule has 2 N–H and O–H groups in total. The Labute approximate surface area is 158 Å². The fourth-order valence-corrected chi connectivity index (χ4v) is 4.29. The summed E-state index contributed by atoms with van der Waals surface area (Å²) < 4.78 is 0. The van der Waals surface area contributed by atoms with Crippen LogP contribution in [0.15, 0.2) is 0 Å². The van der Waals surface area contributed by atoms with Crippen molar-refractivity contribution in [2.75, 3.05) is 32.7 Å². The van der Waals surface area contributed by atoms with Crippen molar-refractivity contribution in [1.82, 2.24) is 9.80 Å². The van der Waals surface area contributed by atoms with Crippen LogP contribution in [0.4, 0.5) is 0 Å². The molecule has 0 aromatic heterocycles. The Balaban J connectivity index is 1.90. The molecule has 0 aromatic rings. The second-order valence-corrected chi connectivity index (χ2v) is 7.97. The second-order valence-electron chi connectivity index (χ2n) is 7.97. The molecule has 1 saturated heterocycles. The maximum Gasteiger partial charge on any atom is 0.0623 e. The van der Waals surface area contributed by atoms with Gasteiger partial charge in [0.05, 0.1) is 6.17 Å². The summed E-state index contributed by atoms with van der Waals surface area (Å²) in [5, 5.41) is 0. The van der Waals surface area contributed by atoms with E-state index in [1.165, 1.54) is 110 Å². The van der Waals surface area contributed by atoms with Gasteiger partial charge in [-0.05, 0) is 13.0 Å². The van der Waals surface area contributed by atoms with Crippen LogP contribution in [-0.4, -0.2) is 48.7 Å². The van der Waals surface area contributed by atoms with E-state index in [-0.39, 0.29) is 0 Å². The van der Waals surface area contributed by atoms with Crippen molar-refractivity contribution in [2.45, 2.75) is 110 Å². The van der Waals surface area contributed by atoms with E-state index in [4.69, 9.17) is 5.73 Å². The first kappa shape index (κ1) is 22.9. The lowest BCUT2D eigenvalue weighted by atomic mass is 10.0. The third kappa shape index (κ3) is 10.6. The molecule has 25 heavy (non-hydrogen) atoms. The lowest BCUT2D eigenvalue weighted by molar-refractivity contribution is 0.131. The summed E-state index contributed by atoms with van der Waals surface area (Å²) in [5.41, 5.74) is 5.77. The molecule has 1 aliphatic heterocycles. The van der Waals surface area contributed by atoms with Crippen molar-refractivity contribution >= 4 is 0 Å². The summed E-state index contributed by atoms with van der Waals surface area (Å²) >= 11 is 0. The van der Waals surface area contributed by atoms with Gasteiger partial charge in [0.2, 0.25) is 0 Å². The van der Waals surface area contributed by atoms with Crippen molar-refractivity contribution in [1.29, 1.82) is 0 Å². The van der Waals surface area contributed by atoms with E-state index in [2.05, 4.69) is 23.6 Å². The highest BCUT2D eigenvalue weighted by molar-refractivity contribution is 4.81. The normalized spacial score (nSPS) is 19.1. The van der Waals surface area contributed by atoms with E-state index in [1.807, 2.05) is 0 Å². The van der Waals surface area contributed by atoms with Crippen LogP contribution in [-0.2, 0) is 0 Å². The second kappa shape index (κ2) is 16.1. The number of likely N-dealkylation sites (N-methyl/N-ethyl adjacent to an activating group) is 1. The summed E-state index contributed by atoms with van der Waals surface area (Å²) in [4.78, 5) is 5.24. The lowest BCUT2D eigenvalue weighted by Crippen LogP contribution is -2.40. The predicted octanol–water partition coefficient (Wildman–Crippen LogP) is 5.39. The number of hydrogen-bond donors (Lipinski definition) is 1. The molecule has 0 aromatic carbocycles. The minimum absolute atomic E-state index is 0.668. The molecule has 1 heterocycles. The predicted molar refractivity (Wildman–Crippen MR) is 112 cm³/mol. The first-order chi connectivity index (χ1) is 12.3. The van der Waals surface area contributed by atoms with Crippen LogP contribution in [0, 0.1) is 0 Å². The number of nitrogens with zero attached hydrogens (tertiary/aromatic N) is 2. The minimum atomic E-state index is 0.668. The van der Waals surface area contributed by atoms with Gasteiger partial charge in [0, 0.05) is 26.2 Å². The molecular weight excluding hydrogens is 306 g/mol. The van der Waals surface area contributed by atoms with Gasteiger partial charge in [0.25, 0.3) is 0 Å². The van der Waals surface area contributed by atoms with E-state index in [9.17, 15) is 0 Å². The van der Waals surface area contributed by atoms with Gasteiger partial charge >= 0.3 is 0 Å². The quantitative estimate of drug-likeness (QED) is 0.356. The molecule has 150 valence electrons. The van der Waals surface area contributed by atoms with Gasteiger partial charge in [-0.2, -0.15) is 0 Å². The summed E-state index contributed by atoms with van der Waals surface area (Å²) in [6.07, 6.45) is 20.7. The zero-order chi connectivity index (χ0) is 18.2. The summed E-state index contributed by atoms with van der Waals surface area (Å²) in [6.45, 7) is 10.1. The summed E-state index contributed by atoms with van der Waals surface area (Å²) in [7, 11) is 0. The monoisotopic (exact) mass is 353 g/mol. The molecule has 1 atom stereocenters. The maximum atomic E-state index is 5.77. The average molecular weight is 354 g/mol. The summed E-state index contributed by atoms with van der Waals surface area (Å²) in [5.74, 6) is 0. The zero-order valence-corrected chi connectivity index (χ0v) is 17.5. The van der Waals surface area contributed by atoms with Crippen LogP contribution in [0.2, 0.25) is 0 Å². The van der Waals surface area contributed by atoms with Crippen molar-refractivity contribution < 1.29 is 0 Å². The lowest BCUT2D eigenvalue weighted by Gasteiger charge is -2.29. The third-order valence-electron chi connectivity index (χ3n) is 5.91. The average Bonchev–Trinajstić information content (AvgIpc) is 3.01. The van der Waals surface area contributed by atoms with E-state index in [0.717, 1.165) is 13.1 Å². The van der Waals surface area contributed by atoms with E-state index in [1.54, 1.807) is 0 Å². The fraction of sp³-hybridized carbons (Fsp3) is 1.00. The largest absolute Gasteiger partial charge is 0.329 e. The van der Waals surface area contributed by atoms with Gasteiger partial charge < -0.3 is 5.73 Å². The molecule has 0 radical (unpaired) electrons. The topological polar surface area (TPSA) is 32.5 Å². The highest BCUT2D eigenvalue weighted by atomic mass is 15.4. The standard InChI is InChI=1S/C22H47N3/c1-3-5-6-7-8-9-10-11-12-13-14-15-16-17-22-24(4-2)20-21-25(22)19-18-23/h22H,3-21,23H2,1-2H3. The maximum absolute atomic E-state index is 5.77. The molecule has 1 aliphatic rings. The fourth-order valence-electron chi connectivity index (χ4n) is 4.29. The van der Waals surface area contributed by atoms with Crippen molar-refractivity contribution in [3.05, 3.63) is 0 Å². The van der Waals surface area contributed by atoms with Crippen LogP contribution in [0.25, 0.3) is 0 Å². The third-order valence-corrected chi connectivity index (χ3v) is 5.91. The van der Waals surface area contributed by atoms with Gasteiger partial charge in [-0.15, -0.1) is 0 Å². The van der Waals surface area contributed by atoms with Crippen LogP contribution < -0.4 is 5.73 Å². The Morgan fingerprint density at radius 1 is 0.680 bits per heavy atom. The SMILES string of the molecule is CCCCCCCCCCCCCCCC1N(CC)CCN1CCN. The molecule has 3 nitrogen and oxygen atoms in total. The van der Waals surface area contributed by atoms with Crippen LogP contribution in [0.3, 0.4) is 0 Å². The van der Waals surface area contributed by atoms with Crippen molar-refractivity contribution in [3.63, 3.8) is 0 Å².